The van der Waals surface area contributed by atoms with E-state index >= 15 is 0 Å². The maximum absolute atomic E-state index is 6.31. The Kier molecular flexibility index (Phi) is 9.28. The summed E-state index contributed by atoms with van der Waals surface area (Å²) in [7, 11) is 7.75. The van der Waals surface area contributed by atoms with Gasteiger partial charge in [-0.1, -0.05) is 24.3 Å². The Morgan fingerprint density at radius 1 is 0.931 bits per heavy atom. The van der Waals surface area contributed by atoms with Crippen molar-refractivity contribution in [2.75, 3.05) is 34.9 Å². The zero-order chi connectivity index (χ0) is 19.9. The molecule has 3 rings (SSSR count). The number of ether oxygens (including phenoxy) is 3. The van der Waals surface area contributed by atoms with Gasteiger partial charge in [0.2, 0.25) is 0 Å². The Morgan fingerprint density at radius 2 is 1.62 bits per heavy atom. The molecule has 3 unspecified atom stereocenters. The number of hydrogen-bond acceptors (Lipinski definition) is 4. The summed E-state index contributed by atoms with van der Waals surface area (Å²) in [6.45, 7) is 1.71. The monoisotopic (exact) mass is 419 g/mol. The molecule has 0 aromatic heterocycles. The van der Waals surface area contributed by atoms with Gasteiger partial charge >= 0.3 is 0 Å². The molecule has 0 bridgehead atoms. The Balaban J connectivity index is 0.00000300. The zero-order valence-electron chi connectivity index (χ0n) is 18.0. The van der Waals surface area contributed by atoms with Crippen molar-refractivity contribution in [1.82, 2.24) is 4.90 Å². The molecule has 5 heteroatoms. The first-order valence-corrected chi connectivity index (χ1v) is 10.1. The highest BCUT2D eigenvalue weighted by Gasteiger charge is 2.32. The molecule has 0 saturated heterocycles. The van der Waals surface area contributed by atoms with Crippen molar-refractivity contribution in [1.29, 1.82) is 0 Å². The second-order valence-electron chi connectivity index (χ2n) is 8.00. The summed E-state index contributed by atoms with van der Waals surface area (Å²) in [6, 6.07) is 16.7. The lowest BCUT2D eigenvalue weighted by molar-refractivity contribution is -0.00694. The number of benzene rings is 2. The maximum atomic E-state index is 6.31. The fourth-order valence-corrected chi connectivity index (χ4v) is 4.33. The Hall–Kier alpha value is -1.75. The van der Waals surface area contributed by atoms with Gasteiger partial charge in [-0.2, -0.15) is 0 Å². The Labute approximate surface area is 181 Å². The normalized spacial score (nSPS) is 21.5. The molecule has 0 heterocycles. The average Bonchev–Trinajstić information content (AvgIpc) is 2.72. The van der Waals surface area contributed by atoms with Crippen LogP contribution >= 0.6 is 12.4 Å². The van der Waals surface area contributed by atoms with Gasteiger partial charge in [-0.15, -0.1) is 12.4 Å². The van der Waals surface area contributed by atoms with E-state index in [2.05, 4.69) is 49.3 Å². The highest BCUT2D eigenvalue weighted by molar-refractivity contribution is 5.85. The van der Waals surface area contributed by atoms with E-state index in [1.54, 1.807) is 14.2 Å². The van der Waals surface area contributed by atoms with Crippen molar-refractivity contribution in [3.8, 4) is 11.5 Å². The summed E-state index contributed by atoms with van der Waals surface area (Å²) < 4.78 is 17.1. The number of halogens is 1. The summed E-state index contributed by atoms with van der Waals surface area (Å²) in [5.74, 6) is 2.95. The minimum atomic E-state index is 0. The van der Waals surface area contributed by atoms with Crippen LogP contribution in [0.3, 0.4) is 0 Å². The van der Waals surface area contributed by atoms with Crippen molar-refractivity contribution < 1.29 is 14.2 Å². The smallest absolute Gasteiger partial charge is 0.119 e. The summed E-state index contributed by atoms with van der Waals surface area (Å²) >= 11 is 0. The van der Waals surface area contributed by atoms with E-state index in [0.29, 0.717) is 24.5 Å². The molecule has 4 nitrogen and oxygen atoms in total. The van der Waals surface area contributed by atoms with Gasteiger partial charge in [0, 0.05) is 6.54 Å². The van der Waals surface area contributed by atoms with Crippen molar-refractivity contribution >= 4 is 12.4 Å². The van der Waals surface area contributed by atoms with Gasteiger partial charge < -0.3 is 19.1 Å². The quantitative estimate of drug-likeness (QED) is 0.591. The number of rotatable bonds is 8. The molecule has 29 heavy (non-hydrogen) atoms. The first kappa shape index (κ1) is 23.5. The summed E-state index contributed by atoms with van der Waals surface area (Å²) in [6.07, 6.45) is 3.63. The predicted molar refractivity (Wildman–Crippen MR) is 120 cm³/mol. The van der Waals surface area contributed by atoms with E-state index in [9.17, 15) is 0 Å². The van der Waals surface area contributed by atoms with Crippen LogP contribution in [0.25, 0.3) is 0 Å². The summed E-state index contributed by atoms with van der Waals surface area (Å²) in [5, 5.41) is 0. The van der Waals surface area contributed by atoms with Gasteiger partial charge in [-0.3, -0.25) is 0 Å². The third kappa shape index (κ3) is 6.63. The van der Waals surface area contributed by atoms with Gasteiger partial charge in [0.15, 0.2) is 0 Å². The van der Waals surface area contributed by atoms with Crippen LogP contribution in [0.1, 0.15) is 36.3 Å². The van der Waals surface area contributed by atoms with Crippen LogP contribution in [0, 0.1) is 5.92 Å². The molecule has 0 amide bonds. The molecule has 3 atom stereocenters. The van der Waals surface area contributed by atoms with Gasteiger partial charge in [-0.25, -0.2) is 0 Å². The van der Waals surface area contributed by atoms with Crippen LogP contribution < -0.4 is 9.47 Å². The molecular formula is C24H34ClNO3. The average molecular weight is 420 g/mol. The number of nitrogens with zero attached hydrogens (tertiary/aromatic N) is 1. The predicted octanol–water partition coefficient (Wildman–Crippen LogP) is 5.16. The van der Waals surface area contributed by atoms with E-state index < -0.39 is 0 Å². The first-order chi connectivity index (χ1) is 13.6. The van der Waals surface area contributed by atoms with Crippen molar-refractivity contribution in [3.63, 3.8) is 0 Å². The van der Waals surface area contributed by atoms with Crippen LogP contribution in [-0.4, -0.2) is 45.9 Å². The van der Waals surface area contributed by atoms with E-state index in [1.807, 2.05) is 18.2 Å². The fourth-order valence-electron chi connectivity index (χ4n) is 4.33. The highest BCUT2D eigenvalue weighted by Crippen LogP contribution is 2.40. The molecule has 0 radical (unpaired) electrons. The SMILES string of the molecule is COc1cccc(COC2CCC(c3cccc(OC)c3)C(CN(C)C)C2)c1.Cl. The molecule has 0 N–H and O–H groups in total. The molecule has 2 aromatic carbocycles. The number of hydrogen-bond donors (Lipinski definition) is 0. The Bertz CT molecular complexity index is 752. The lowest BCUT2D eigenvalue weighted by Crippen LogP contribution is -2.34. The van der Waals surface area contributed by atoms with E-state index in [4.69, 9.17) is 14.2 Å². The maximum Gasteiger partial charge on any atom is 0.119 e. The van der Waals surface area contributed by atoms with Crippen LogP contribution in [0.2, 0.25) is 0 Å². The van der Waals surface area contributed by atoms with Gasteiger partial charge in [0.1, 0.15) is 11.5 Å². The van der Waals surface area contributed by atoms with Crippen LogP contribution in [0.5, 0.6) is 11.5 Å². The molecule has 1 aliphatic rings. The molecule has 1 saturated carbocycles. The molecule has 0 aliphatic heterocycles. The molecule has 1 fully saturated rings. The van der Waals surface area contributed by atoms with Gasteiger partial charge in [0.05, 0.1) is 26.9 Å². The Morgan fingerprint density at radius 3 is 2.31 bits per heavy atom. The lowest BCUT2D eigenvalue weighted by Gasteiger charge is -2.38. The van der Waals surface area contributed by atoms with Crippen LogP contribution in [-0.2, 0) is 11.3 Å². The molecule has 1 aliphatic carbocycles. The molecular weight excluding hydrogens is 386 g/mol. The van der Waals surface area contributed by atoms with E-state index in [-0.39, 0.29) is 12.4 Å². The summed E-state index contributed by atoms with van der Waals surface area (Å²) in [4.78, 5) is 2.29. The molecule has 2 aromatic rings. The highest BCUT2D eigenvalue weighted by atomic mass is 35.5. The van der Waals surface area contributed by atoms with Gasteiger partial charge in [0.25, 0.3) is 0 Å². The third-order valence-corrected chi connectivity index (χ3v) is 5.68. The second-order valence-corrected chi connectivity index (χ2v) is 8.00. The largest absolute Gasteiger partial charge is 0.497 e. The van der Waals surface area contributed by atoms with Crippen LogP contribution in [0.15, 0.2) is 48.5 Å². The van der Waals surface area contributed by atoms with E-state index in [0.717, 1.165) is 37.3 Å². The summed E-state index contributed by atoms with van der Waals surface area (Å²) in [5.41, 5.74) is 2.55. The minimum absolute atomic E-state index is 0. The van der Waals surface area contributed by atoms with Gasteiger partial charge in [-0.05, 0) is 80.6 Å². The van der Waals surface area contributed by atoms with Crippen molar-refractivity contribution in [3.05, 3.63) is 59.7 Å². The first-order valence-electron chi connectivity index (χ1n) is 10.1. The van der Waals surface area contributed by atoms with Crippen molar-refractivity contribution in [2.45, 2.75) is 37.9 Å². The molecule has 0 spiro atoms. The lowest BCUT2D eigenvalue weighted by atomic mass is 9.74. The van der Waals surface area contributed by atoms with Crippen LogP contribution in [0.4, 0.5) is 0 Å². The van der Waals surface area contributed by atoms with Crippen molar-refractivity contribution in [2.24, 2.45) is 5.92 Å². The minimum Gasteiger partial charge on any atom is -0.497 e. The standard InChI is InChI=1S/C24H33NO3.ClH/c1-25(2)16-20-15-23(28-17-18-7-5-9-21(13-18)26-3)11-12-24(20)19-8-6-10-22(14-19)27-4;/h5-10,13-14,20,23-24H,11-12,15-17H2,1-4H3;1H. The third-order valence-electron chi connectivity index (χ3n) is 5.68. The van der Waals surface area contributed by atoms with E-state index in [1.165, 1.54) is 11.1 Å². The zero-order valence-corrected chi connectivity index (χ0v) is 18.8. The number of methoxy groups -OCH3 is 2. The fraction of sp³-hybridized carbons (Fsp3) is 0.500. The molecule has 160 valence electrons. The second kappa shape index (κ2) is 11.4. The topological polar surface area (TPSA) is 30.9 Å².